The van der Waals surface area contributed by atoms with Crippen LogP contribution in [0, 0.1) is 12.7 Å². The lowest BCUT2D eigenvalue weighted by atomic mass is 10.1. The highest BCUT2D eigenvalue weighted by Gasteiger charge is 2.30. The molecule has 0 unspecified atom stereocenters. The summed E-state index contributed by atoms with van der Waals surface area (Å²) in [5.74, 6) is 0.379. The average molecular weight is 369 g/mol. The number of halogens is 4. The summed E-state index contributed by atoms with van der Waals surface area (Å²) in [4.78, 5) is 7.90. The van der Waals surface area contributed by atoms with Gasteiger partial charge < -0.3 is 4.52 Å². The van der Waals surface area contributed by atoms with Gasteiger partial charge in [-0.2, -0.15) is 18.2 Å². The predicted molar refractivity (Wildman–Crippen MR) is 83.2 cm³/mol. The third kappa shape index (κ3) is 4.16. The molecule has 0 bridgehead atoms. The molecule has 25 heavy (non-hydrogen) atoms. The Morgan fingerprint density at radius 2 is 1.96 bits per heavy atom. The number of hydrogen-bond acceptors (Lipinski definition) is 5. The maximum Gasteiger partial charge on any atom is 0.417 e. The highest BCUT2D eigenvalue weighted by molar-refractivity contribution is 7.98. The van der Waals surface area contributed by atoms with Gasteiger partial charge in [-0.1, -0.05) is 29.1 Å². The number of rotatable bonds is 4. The third-order valence-electron chi connectivity index (χ3n) is 3.31. The molecule has 3 aromatic rings. The first-order chi connectivity index (χ1) is 11.8. The maximum absolute atomic E-state index is 13.6. The number of thioether (sulfide) groups is 1. The largest absolute Gasteiger partial charge is 0.417 e. The lowest BCUT2D eigenvalue weighted by molar-refractivity contribution is -0.137. The molecule has 0 N–H and O–H groups in total. The molecule has 0 radical (unpaired) electrons. The van der Waals surface area contributed by atoms with Crippen molar-refractivity contribution in [3.8, 4) is 11.4 Å². The molecule has 2 heterocycles. The second-order valence-corrected chi connectivity index (χ2v) is 6.14. The Balaban J connectivity index is 1.66. The summed E-state index contributed by atoms with van der Waals surface area (Å²) in [6, 6.07) is 6.84. The molecule has 3 rings (SSSR count). The van der Waals surface area contributed by atoms with Crippen LogP contribution in [0.15, 0.2) is 46.1 Å². The molecule has 2 aromatic heterocycles. The molecule has 0 aliphatic heterocycles. The van der Waals surface area contributed by atoms with Crippen LogP contribution < -0.4 is 0 Å². The number of nitrogens with zero attached hydrogens (tertiary/aromatic N) is 3. The molecule has 130 valence electrons. The van der Waals surface area contributed by atoms with Crippen LogP contribution in [0.3, 0.4) is 0 Å². The zero-order valence-corrected chi connectivity index (χ0v) is 13.7. The van der Waals surface area contributed by atoms with Crippen LogP contribution in [-0.2, 0) is 11.9 Å². The molecule has 0 spiro atoms. The summed E-state index contributed by atoms with van der Waals surface area (Å²) >= 11 is 1.16. The van der Waals surface area contributed by atoms with Crippen molar-refractivity contribution in [3.63, 3.8) is 0 Å². The molecule has 0 saturated heterocycles. The molecule has 9 heteroatoms. The van der Waals surface area contributed by atoms with Gasteiger partial charge in [0.25, 0.3) is 0 Å². The van der Waals surface area contributed by atoms with Gasteiger partial charge in [0.2, 0.25) is 11.7 Å². The fraction of sp³-hybridized carbons (Fsp3) is 0.188. The Hall–Kier alpha value is -2.42. The smallest absolute Gasteiger partial charge is 0.338 e. The summed E-state index contributed by atoms with van der Waals surface area (Å²) in [6.45, 7) is 1.65. The zero-order valence-electron chi connectivity index (χ0n) is 12.8. The van der Waals surface area contributed by atoms with Crippen molar-refractivity contribution in [2.45, 2.75) is 23.9 Å². The monoisotopic (exact) mass is 369 g/mol. The molecule has 0 fully saturated rings. The van der Waals surface area contributed by atoms with Gasteiger partial charge in [0, 0.05) is 11.8 Å². The second-order valence-electron chi connectivity index (χ2n) is 5.15. The lowest BCUT2D eigenvalue weighted by Crippen LogP contribution is -2.05. The Morgan fingerprint density at radius 3 is 2.60 bits per heavy atom. The fourth-order valence-electron chi connectivity index (χ4n) is 1.93. The highest BCUT2D eigenvalue weighted by atomic mass is 32.2. The summed E-state index contributed by atoms with van der Waals surface area (Å²) in [7, 11) is 0. The topological polar surface area (TPSA) is 51.8 Å². The van der Waals surface area contributed by atoms with E-state index in [0.717, 1.165) is 24.0 Å². The summed E-state index contributed by atoms with van der Waals surface area (Å²) in [5, 5.41) is 4.18. The average Bonchev–Trinajstić information content (AvgIpc) is 3.04. The van der Waals surface area contributed by atoms with Gasteiger partial charge in [0.1, 0.15) is 5.82 Å². The minimum absolute atomic E-state index is 0.236. The Kier molecular flexibility index (Phi) is 4.76. The fourth-order valence-corrected chi connectivity index (χ4v) is 2.61. The van der Waals surface area contributed by atoms with E-state index in [9.17, 15) is 17.6 Å². The van der Waals surface area contributed by atoms with E-state index < -0.39 is 11.7 Å². The van der Waals surface area contributed by atoms with Gasteiger partial charge in [-0.3, -0.25) is 0 Å². The molecule has 0 amide bonds. The van der Waals surface area contributed by atoms with Crippen molar-refractivity contribution in [3.05, 3.63) is 59.4 Å². The van der Waals surface area contributed by atoms with E-state index in [1.54, 1.807) is 19.1 Å². The van der Waals surface area contributed by atoms with Crippen molar-refractivity contribution in [2.75, 3.05) is 0 Å². The van der Waals surface area contributed by atoms with E-state index in [0.29, 0.717) is 16.2 Å². The lowest BCUT2D eigenvalue weighted by Gasteiger charge is -2.05. The number of pyridine rings is 1. The molecule has 0 saturated carbocycles. The van der Waals surface area contributed by atoms with Gasteiger partial charge in [-0.05, 0) is 30.7 Å². The second kappa shape index (κ2) is 6.83. The Morgan fingerprint density at radius 1 is 1.16 bits per heavy atom. The highest BCUT2D eigenvalue weighted by Crippen LogP contribution is 2.30. The SMILES string of the molecule is Cc1ccc(-c2noc(CSc3ccc(C(F)(F)F)cn3)n2)cc1F. The Bertz CT molecular complexity index is 878. The first-order valence-corrected chi connectivity index (χ1v) is 8.06. The predicted octanol–water partition coefficient (Wildman–Crippen LogP) is 4.89. The van der Waals surface area contributed by atoms with E-state index in [1.807, 2.05) is 0 Å². The van der Waals surface area contributed by atoms with Gasteiger partial charge in [0.15, 0.2) is 0 Å². The molecular weight excluding hydrogens is 358 g/mol. The van der Waals surface area contributed by atoms with E-state index in [-0.39, 0.29) is 23.3 Å². The Labute approximate surface area is 144 Å². The van der Waals surface area contributed by atoms with Crippen LogP contribution in [0.5, 0.6) is 0 Å². The maximum atomic E-state index is 13.6. The van der Waals surface area contributed by atoms with Gasteiger partial charge in [-0.15, -0.1) is 0 Å². The van der Waals surface area contributed by atoms with Crippen LogP contribution in [-0.4, -0.2) is 15.1 Å². The quantitative estimate of drug-likeness (QED) is 0.484. The first-order valence-electron chi connectivity index (χ1n) is 7.08. The number of benzene rings is 1. The molecule has 4 nitrogen and oxygen atoms in total. The van der Waals surface area contributed by atoms with Gasteiger partial charge >= 0.3 is 6.18 Å². The molecule has 1 aromatic carbocycles. The first kappa shape index (κ1) is 17.4. The number of aryl methyl sites for hydroxylation is 1. The minimum Gasteiger partial charge on any atom is -0.338 e. The summed E-state index contributed by atoms with van der Waals surface area (Å²) in [6.07, 6.45) is -3.64. The van der Waals surface area contributed by atoms with E-state index >= 15 is 0 Å². The standard InChI is InChI=1S/C16H11F4N3OS/c1-9-2-3-10(6-12(9)17)15-22-13(24-23-15)8-25-14-5-4-11(7-21-14)16(18,19)20/h2-7H,8H2,1H3. The van der Waals surface area contributed by atoms with Crippen molar-refractivity contribution < 1.29 is 22.1 Å². The summed E-state index contributed by atoms with van der Waals surface area (Å²) in [5.41, 5.74) is 0.186. The minimum atomic E-state index is -4.42. The third-order valence-corrected chi connectivity index (χ3v) is 4.23. The summed E-state index contributed by atoms with van der Waals surface area (Å²) < 4.78 is 56.1. The number of hydrogen-bond donors (Lipinski definition) is 0. The van der Waals surface area contributed by atoms with Crippen LogP contribution in [0.1, 0.15) is 17.0 Å². The van der Waals surface area contributed by atoms with Gasteiger partial charge in [-0.25, -0.2) is 9.37 Å². The van der Waals surface area contributed by atoms with Gasteiger partial charge in [0.05, 0.1) is 16.3 Å². The van der Waals surface area contributed by atoms with Crippen molar-refractivity contribution in [1.29, 1.82) is 0 Å². The van der Waals surface area contributed by atoms with Crippen molar-refractivity contribution in [1.82, 2.24) is 15.1 Å². The van der Waals surface area contributed by atoms with Crippen LogP contribution >= 0.6 is 11.8 Å². The normalized spacial score (nSPS) is 11.7. The molecule has 0 atom stereocenters. The number of alkyl halides is 3. The van der Waals surface area contributed by atoms with Crippen LogP contribution in [0.25, 0.3) is 11.4 Å². The van der Waals surface area contributed by atoms with Crippen LogP contribution in [0.2, 0.25) is 0 Å². The van der Waals surface area contributed by atoms with E-state index in [1.165, 1.54) is 12.1 Å². The van der Waals surface area contributed by atoms with E-state index in [4.69, 9.17) is 4.52 Å². The van der Waals surface area contributed by atoms with Crippen molar-refractivity contribution in [2.24, 2.45) is 0 Å². The number of aromatic nitrogens is 3. The molecular formula is C16H11F4N3OS. The molecule has 0 aliphatic rings. The van der Waals surface area contributed by atoms with Crippen molar-refractivity contribution >= 4 is 11.8 Å². The van der Waals surface area contributed by atoms with E-state index in [2.05, 4.69) is 15.1 Å². The van der Waals surface area contributed by atoms with Crippen LogP contribution in [0.4, 0.5) is 17.6 Å². The zero-order chi connectivity index (χ0) is 18.0. The molecule has 0 aliphatic carbocycles.